The number of anilines is 1. The Bertz CT molecular complexity index is 615. The molecule has 1 aromatic carbocycles. The molecule has 0 spiro atoms. The van der Waals surface area contributed by atoms with E-state index >= 15 is 0 Å². The number of benzene rings is 1. The number of hydrogen-bond donors (Lipinski definition) is 1. The minimum absolute atomic E-state index is 0.0710. The number of alkyl halides is 3. The Labute approximate surface area is 124 Å². The first-order chi connectivity index (χ1) is 9.90. The van der Waals surface area contributed by atoms with Crippen LogP contribution in [0.2, 0.25) is 5.02 Å². The maximum Gasteiger partial charge on any atom is 0.417 e. The lowest BCUT2D eigenvalue weighted by molar-refractivity contribution is -0.137. The summed E-state index contributed by atoms with van der Waals surface area (Å²) in [5.74, 6) is 0.935. The molecule has 112 valence electrons. The summed E-state index contributed by atoms with van der Waals surface area (Å²) in [6.07, 6.45) is -3.70. The molecule has 0 aliphatic carbocycles. The van der Waals surface area contributed by atoms with Crippen molar-refractivity contribution in [1.29, 1.82) is 0 Å². The molecule has 0 amide bonds. The van der Waals surface area contributed by atoms with Crippen LogP contribution >= 0.6 is 11.6 Å². The maximum absolute atomic E-state index is 12.5. The Morgan fingerprint density at radius 1 is 1.24 bits per heavy atom. The fraction of sp³-hybridized carbons (Fsp3) is 0.214. The van der Waals surface area contributed by atoms with Crippen molar-refractivity contribution < 1.29 is 17.9 Å². The summed E-state index contributed by atoms with van der Waals surface area (Å²) in [7, 11) is 1.57. The standard InChI is InChI=1S/C14H12ClF3N2O/c1-21-11-4-2-9(3-5-11)7-19-13-12(15)6-10(8-20-13)14(16,17)18/h2-6,8H,7H2,1H3,(H,19,20). The third kappa shape index (κ3) is 4.01. The molecule has 7 heteroatoms. The van der Waals surface area contributed by atoms with Gasteiger partial charge in [-0.3, -0.25) is 0 Å². The van der Waals surface area contributed by atoms with Crippen LogP contribution in [-0.2, 0) is 12.7 Å². The van der Waals surface area contributed by atoms with Gasteiger partial charge in [0.25, 0.3) is 0 Å². The van der Waals surface area contributed by atoms with E-state index in [4.69, 9.17) is 16.3 Å². The highest BCUT2D eigenvalue weighted by atomic mass is 35.5. The van der Waals surface area contributed by atoms with E-state index in [9.17, 15) is 13.2 Å². The van der Waals surface area contributed by atoms with Gasteiger partial charge in [0.15, 0.2) is 0 Å². The first-order valence-corrected chi connectivity index (χ1v) is 6.37. The molecule has 3 nitrogen and oxygen atoms in total. The minimum atomic E-state index is -4.45. The Kier molecular flexibility index (Phi) is 4.57. The molecule has 0 aliphatic heterocycles. The van der Waals surface area contributed by atoms with Gasteiger partial charge < -0.3 is 10.1 Å². The molecule has 0 atom stereocenters. The van der Waals surface area contributed by atoms with Crippen LogP contribution in [0.1, 0.15) is 11.1 Å². The van der Waals surface area contributed by atoms with Crippen molar-refractivity contribution in [3.63, 3.8) is 0 Å². The van der Waals surface area contributed by atoms with Crippen LogP contribution in [0.5, 0.6) is 5.75 Å². The normalized spacial score (nSPS) is 11.3. The molecule has 0 radical (unpaired) electrons. The number of ether oxygens (including phenoxy) is 1. The van der Waals surface area contributed by atoms with Crippen LogP contribution in [0.15, 0.2) is 36.5 Å². The highest BCUT2D eigenvalue weighted by Crippen LogP contribution is 2.32. The zero-order valence-electron chi connectivity index (χ0n) is 11.0. The number of rotatable bonds is 4. The van der Waals surface area contributed by atoms with Crippen molar-refractivity contribution in [2.24, 2.45) is 0 Å². The fourth-order valence-electron chi connectivity index (χ4n) is 1.65. The number of hydrogen-bond acceptors (Lipinski definition) is 3. The van der Waals surface area contributed by atoms with Crippen LogP contribution in [0.3, 0.4) is 0 Å². The van der Waals surface area contributed by atoms with Crippen molar-refractivity contribution >= 4 is 17.4 Å². The predicted molar refractivity (Wildman–Crippen MR) is 74.6 cm³/mol. The van der Waals surface area contributed by atoms with Crippen LogP contribution in [0, 0.1) is 0 Å². The van der Waals surface area contributed by atoms with E-state index in [2.05, 4.69) is 10.3 Å². The second-order valence-electron chi connectivity index (χ2n) is 4.25. The zero-order chi connectivity index (χ0) is 15.5. The Hall–Kier alpha value is -1.95. The zero-order valence-corrected chi connectivity index (χ0v) is 11.8. The number of pyridine rings is 1. The molecule has 0 saturated heterocycles. The van der Waals surface area contributed by atoms with E-state index in [1.165, 1.54) is 0 Å². The molecule has 0 aliphatic rings. The van der Waals surface area contributed by atoms with Gasteiger partial charge in [-0.15, -0.1) is 0 Å². The third-order valence-electron chi connectivity index (χ3n) is 2.79. The van der Waals surface area contributed by atoms with Crippen molar-refractivity contribution in [1.82, 2.24) is 4.98 Å². The van der Waals surface area contributed by atoms with Gasteiger partial charge in [-0.2, -0.15) is 13.2 Å². The molecule has 21 heavy (non-hydrogen) atoms. The molecule has 0 bridgehead atoms. The summed E-state index contributed by atoms with van der Waals surface area (Å²) < 4.78 is 42.5. The van der Waals surface area contributed by atoms with Crippen molar-refractivity contribution in [2.45, 2.75) is 12.7 Å². The van der Waals surface area contributed by atoms with Gasteiger partial charge in [0.2, 0.25) is 0 Å². The average Bonchev–Trinajstić information content (AvgIpc) is 2.45. The summed E-state index contributed by atoms with van der Waals surface area (Å²) in [4.78, 5) is 3.71. The molecule has 2 aromatic rings. The second kappa shape index (κ2) is 6.22. The summed E-state index contributed by atoms with van der Waals surface area (Å²) in [6.45, 7) is 0.391. The lowest BCUT2D eigenvalue weighted by Gasteiger charge is -2.11. The predicted octanol–water partition coefficient (Wildman–Crippen LogP) is 4.37. The molecule has 0 saturated carbocycles. The summed E-state index contributed by atoms with van der Waals surface area (Å²) in [5.41, 5.74) is 0.0519. The molecule has 0 fully saturated rings. The highest BCUT2D eigenvalue weighted by Gasteiger charge is 2.31. The van der Waals surface area contributed by atoms with Gasteiger partial charge >= 0.3 is 6.18 Å². The molecule has 0 unspecified atom stereocenters. The first-order valence-electron chi connectivity index (χ1n) is 5.99. The lowest BCUT2D eigenvalue weighted by Crippen LogP contribution is -2.08. The summed E-state index contributed by atoms with van der Waals surface area (Å²) in [5, 5.41) is 2.82. The number of methoxy groups -OCH3 is 1. The van der Waals surface area contributed by atoms with E-state index < -0.39 is 11.7 Å². The molecule has 1 N–H and O–H groups in total. The van der Waals surface area contributed by atoms with Crippen LogP contribution in [-0.4, -0.2) is 12.1 Å². The smallest absolute Gasteiger partial charge is 0.417 e. The second-order valence-corrected chi connectivity index (χ2v) is 4.66. The van der Waals surface area contributed by atoms with E-state index in [1.54, 1.807) is 19.2 Å². The monoisotopic (exact) mass is 316 g/mol. The van der Waals surface area contributed by atoms with E-state index in [0.717, 1.165) is 23.6 Å². The Balaban J connectivity index is 2.06. The minimum Gasteiger partial charge on any atom is -0.497 e. The molecule has 1 aromatic heterocycles. The maximum atomic E-state index is 12.5. The van der Waals surface area contributed by atoms with Gasteiger partial charge in [-0.1, -0.05) is 23.7 Å². The van der Waals surface area contributed by atoms with Crippen molar-refractivity contribution in [3.8, 4) is 5.75 Å². The quantitative estimate of drug-likeness (QED) is 0.909. The molecular weight excluding hydrogens is 305 g/mol. The first kappa shape index (κ1) is 15.4. The van der Waals surface area contributed by atoms with Crippen molar-refractivity contribution in [3.05, 3.63) is 52.7 Å². The average molecular weight is 317 g/mol. The molecular formula is C14H12ClF3N2O. The largest absolute Gasteiger partial charge is 0.497 e. The topological polar surface area (TPSA) is 34.1 Å². The SMILES string of the molecule is COc1ccc(CNc2ncc(C(F)(F)F)cc2Cl)cc1. The number of aromatic nitrogens is 1. The van der Waals surface area contributed by atoms with E-state index in [-0.39, 0.29) is 10.8 Å². The van der Waals surface area contributed by atoms with Crippen LogP contribution in [0.4, 0.5) is 19.0 Å². The summed E-state index contributed by atoms with van der Waals surface area (Å²) in [6, 6.07) is 8.11. The molecule has 1 heterocycles. The number of halogens is 4. The number of nitrogens with zero attached hydrogens (tertiary/aromatic N) is 1. The van der Waals surface area contributed by atoms with Crippen LogP contribution < -0.4 is 10.1 Å². The lowest BCUT2D eigenvalue weighted by atomic mass is 10.2. The van der Waals surface area contributed by atoms with Crippen LogP contribution in [0.25, 0.3) is 0 Å². The Morgan fingerprint density at radius 2 is 1.90 bits per heavy atom. The van der Waals surface area contributed by atoms with Gasteiger partial charge in [0, 0.05) is 12.7 Å². The van der Waals surface area contributed by atoms with E-state index in [1.807, 2.05) is 12.1 Å². The third-order valence-corrected chi connectivity index (χ3v) is 3.08. The number of nitrogens with one attached hydrogen (secondary N) is 1. The molecule has 2 rings (SSSR count). The van der Waals surface area contributed by atoms with Gasteiger partial charge in [0.1, 0.15) is 11.6 Å². The Morgan fingerprint density at radius 3 is 2.43 bits per heavy atom. The van der Waals surface area contributed by atoms with E-state index in [0.29, 0.717) is 6.54 Å². The van der Waals surface area contributed by atoms with Crippen molar-refractivity contribution in [2.75, 3.05) is 12.4 Å². The fourth-order valence-corrected chi connectivity index (χ4v) is 1.89. The van der Waals surface area contributed by atoms with Gasteiger partial charge in [0.05, 0.1) is 17.7 Å². The van der Waals surface area contributed by atoms with Gasteiger partial charge in [-0.25, -0.2) is 4.98 Å². The summed E-state index contributed by atoms with van der Waals surface area (Å²) >= 11 is 5.80. The van der Waals surface area contributed by atoms with Gasteiger partial charge in [-0.05, 0) is 23.8 Å². The highest BCUT2D eigenvalue weighted by molar-refractivity contribution is 6.32.